The van der Waals surface area contributed by atoms with Crippen molar-refractivity contribution in [1.29, 1.82) is 0 Å². The Bertz CT molecular complexity index is 553. The molecule has 1 unspecified atom stereocenters. The third-order valence-corrected chi connectivity index (χ3v) is 5.22. The molecular weight excluding hydrogens is 268 g/mol. The van der Waals surface area contributed by atoms with E-state index in [-0.39, 0.29) is 6.04 Å². The Morgan fingerprint density at radius 2 is 1.95 bits per heavy atom. The fourth-order valence-electron chi connectivity index (χ4n) is 2.79. The summed E-state index contributed by atoms with van der Waals surface area (Å²) in [7, 11) is 1.68. The Morgan fingerprint density at radius 3 is 2.60 bits per heavy atom. The van der Waals surface area contributed by atoms with Crippen LogP contribution >= 0.6 is 11.3 Å². The minimum atomic E-state index is 0.0662. The van der Waals surface area contributed by atoms with Crippen LogP contribution in [0.5, 0.6) is 5.75 Å². The number of nitrogens with one attached hydrogen (secondary N) is 1. The van der Waals surface area contributed by atoms with Gasteiger partial charge in [-0.25, -0.2) is 5.43 Å². The van der Waals surface area contributed by atoms with Crippen molar-refractivity contribution in [3.05, 3.63) is 51.2 Å². The van der Waals surface area contributed by atoms with Crippen molar-refractivity contribution in [2.75, 3.05) is 7.11 Å². The molecule has 1 heterocycles. The van der Waals surface area contributed by atoms with Crippen molar-refractivity contribution in [2.24, 2.45) is 5.84 Å². The maximum atomic E-state index is 5.79. The lowest BCUT2D eigenvalue weighted by molar-refractivity contribution is 0.414. The first-order chi connectivity index (χ1) is 9.81. The fraction of sp³-hybridized carbons (Fsp3) is 0.375. The van der Waals surface area contributed by atoms with E-state index in [0.29, 0.717) is 0 Å². The first-order valence-corrected chi connectivity index (χ1v) is 7.85. The molecule has 1 aromatic heterocycles. The maximum Gasteiger partial charge on any atom is 0.118 e. The summed E-state index contributed by atoms with van der Waals surface area (Å²) in [5, 5.41) is 0. The summed E-state index contributed by atoms with van der Waals surface area (Å²) in [5.41, 5.74) is 5.64. The van der Waals surface area contributed by atoms with Crippen LogP contribution in [0.3, 0.4) is 0 Å². The Hall–Kier alpha value is -1.36. The second kappa shape index (κ2) is 5.95. The van der Waals surface area contributed by atoms with Crippen molar-refractivity contribution in [1.82, 2.24) is 5.43 Å². The van der Waals surface area contributed by atoms with Crippen molar-refractivity contribution in [3.8, 4) is 5.75 Å². The summed E-state index contributed by atoms with van der Waals surface area (Å²) in [6, 6.07) is 10.5. The molecule has 3 rings (SSSR count). The second-order valence-electron chi connectivity index (χ2n) is 5.18. The van der Waals surface area contributed by atoms with Gasteiger partial charge in [0.05, 0.1) is 13.2 Å². The molecule has 0 radical (unpaired) electrons. The van der Waals surface area contributed by atoms with Crippen LogP contribution in [0.15, 0.2) is 30.3 Å². The van der Waals surface area contributed by atoms with Gasteiger partial charge in [0.1, 0.15) is 5.75 Å². The van der Waals surface area contributed by atoms with E-state index in [1.165, 1.54) is 41.7 Å². The van der Waals surface area contributed by atoms with Crippen LogP contribution in [-0.4, -0.2) is 7.11 Å². The molecule has 1 aliphatic carbocycles. The van der Waals surface area contributed by atoms with Gasteiger partial charge >= 0.3 is 0 Å². The number of hydrazine groups is 1. The van der Waals surface area contributed by atoms with Crippen LogP contribution in [0.4, 0.5) is 0 Å². The Balaban J connectivity index is 1.90. The highest BCUT2D eigenvalue weighted by molar-refractivity contribution is 7.12. The molecule has 0 bridgehead atoms. The van der Waals surface area contributed by atoms with Gasteiger partial charge in [0.25, 0.3) is 0 Å². The van der Waals surface area contributed by atoms with Gasteiger partial charge < -0.3 is 4.74 Å². The minimum Gasteiger partial charge on any atom is -0.497 e. The number of hydrogen-bond acceptors (Lipinski definition) is 4. The summed E-state index contributed by atoms with van der Waals surface area (Å²) in [6.45, 7) is 0. The number of thiophene rings is 1. The number of methoxy groups -OCH3 is 1. The van der Waals surface area contributed by atoms with Crippen LogP contribution in [0.1, 0.15) is 39.8 Å². The molecule has 4 heteroatoms. The number of benzene rings is 1. The van der Waals surface area contributed by atoms with Gasteiger partial charge in [-0.2, -0.15) is 0 Å². The quantitative estimate of drug-likeness (QED) is 0.671. The van der Waals surface area contributed by atoms with Crippen molar-refractivity contribution in [2.45, 2.75) is 31.7 Å². The van der Waals surface area contributed by atoms with Gasteiger partial charge in [-0.1, -0.05) is 12.1 Å². The number of nitrogens with two attached hydrogens (primary N) is 1. The zero-order valence-corrected chi connectivity index (χ0v) is 12.5. The lowest BCUT2D eigenvalue weighted by Crippen LogP contribution is -2.28. The molecule has 0 spiro atoms. The summed E-state index contributed by atoms with van der Waals surface area (Å²) in [5.74, 6) is 6.66. The maximum absolute atomic E-state index is 5.79. The van der Waals surface area contributed by atoms with E-state index in [0.717, 1.165) is 5.75 Å². The lowest BCUT2D eigenvalue weighted by Gasteiger charge is -2.15. The van der Waals surface area contributed by atoms with Gasteiger partial charge in [-0.15, -0.1) is 11.3 Å². The molecule has 20 heavy (non-hydrogen) atoms. The number of fused-ring (bicyclic) bond motifs is 1. The molecule has 0 aliphatic heterocycles. The molecule has 1 aliphatic rings. The molecule has 0 saturated heterocycles. The summed E-state index contributed by atoms with van der Waals surface area (Å²) < 4.78 is 5.21. The summed E-state index contributed by atoms with van der Waals surface area (Å²) in [4.78, 5) is 2.85. The summed E-state index contributed by atoms with van der Waals surface area (Å²) in [6.07, 6.45) is 5.06. The largest absolute Gasteiger partial charge is 0.497 e. The predicted octanol–water partition coefficient (Wildman–Crippen LogP) is 3.19. The zero-order chi connectivity index (χ0) is 13.9. The minimum absolute atomic E-state index is 0.0662. The van der Waals surface area contributed by atoms with Gasteiger partial charge in [0.15, 0.2) is 0 Å². The lowest BCUT2D eigenvalue weighted by atomic mass is 9.98. The highest BCUT2D eigenvalue weighted by atomic mass is 32.1. The van der Waals surface area contributed by atoms with E-state index < -0.39 is 0 Å². The average Bonchev–Trinajstić information content (AvgIpc) is 2.92. The van der Waals surface area contributed by atoms with Gasteiger partial charge in [-0.05, 0) is 55.0 Å². The second-order valence-corrected chi connectivity index (χ2v) is 6.35. The standard InChI is InChI=1S/C16H20N2OS/c1-19-13-8-6-11(7-9-13)16(18-17)15-10-12-4-2-3-5-14(12)20-15/h6-10,16,18H,2-5,17H2,1H3. The molecule has 0 amide bonds. The number of aryl methyl sites for hydroxylation is 2. The van der Waals surface area contributed by atoms with Gasteiger partial charge in [0.2, 0.25) is 0 Å². The van der Waals surface area contributed by atoms with E-state index in [2.05, 4.69) is 23.6 Å². The van der Waals surface area contributed by atoms with E-state index in [1.807, 2.05) is 23.5 Å². The highest BCUT2D eigenvalue weighted by Gasteiger charge is 2.19. The first kappa shape index (κ1) is 13.6. The molecule has 0 saturated carbocycles. The van der Waals surface area contributed by atoms with Crippen molar-refractivity contribution >= 4 is 11.3 Å². The molecular formula is C16H20N2OS. The van der Waals surface area contributed by atoms with E-state index in [1.54, 1.807) is 12.0 Å². The van der Waals surface area contributed by atoms with Crippen LogP contribution < -0.4 is 16.0 Å². The SMILES string of the molecule is COc1ccc(C(NN)c2cc3c(s2)CCCC3)cc1. The van der Waals surface area contributed by atoms with Crippen LogP contribution in [0.25, 0.3) is 0 Å². The molecule has 2 aromatic rings. The Morgan fingerprint density at radius 1 is 1.20 bits per heavy atom. The van der Waals surface area contributed by atoms with Crippen molar-refractivity contribution < 1.29 is 4.74 Å². The van der Waals surface area contributed by atoms with E-state index in [9.17, 15) is 0 Å². The van der Waals surface area contributed by atoms with Crippen LogP contribution in [0.2, 0.25) is 0 Å². The van der Waals surface area contributed by atoms with E-state index >= 15 is 0 Å². The smallest absolute Gasteiger partial charge is 0.118 e. The first-order valence-electron chi connectivity index (χ1n) is 7.03. The molecule has 106 valence electrons. The predicted molar refractivity (Wildman–Crippen MR) is 83.1 cm³/mol. The molecule has 3 nitrogen and oxygen atoms in total. The van der Waals surface area contributed by atoms with Crippen LogP contribution in [-0.2, 0) is 12.8 Å². The highest BCUT2D eigenvalue weighted by Crippen LogP contribution is 2.35. The molecule has 0 fully saturated rings. The molecule has 1 atom stereocenters. The fourth-order valence-corrected chi connectivity index (χ4v) is 4.14. The van der Waals surface area contributed by atoms with Crippen LogP contribution in [0, 0.1) is 0 Å². The summed E-state index contributed by atoms with van der Waals surface area (Å²) >= 11 is 1.90. The number of ether oxygens (including phenoxy) is 1. The average molecular weight is 288 g/mol. The Labute approximate surface area is 123 Å². The number of rotatable bonds is 4. The topological polar surface area (TPSA) is 47.3 Å². The molecule has 3 N–H and O–H groups in total. The molecule has 1 aromatic carbocycles. The third-order valence-electron chi connectivity index (χ3n) is 3.92. The van der Waals surface area contributed by atoms with E-state index in [4.69, 9.17) is 10.6 Å². The van der Waals surface area contributed by atoms with Gasteiger partial charge in [0, 0.05) is 9.75 Å². The third kappa shape index (κ3) is 2.59. The number of hydrogen-bond donors (Lipinski definition) is 2. The normalized spacial score (nSPS) is 15.7. The Kier molecular flexibility index (Phi) is 4.05. The van der Waals surface area contributed by atoms with Crippen molar-refractivity contribution in [3.63, 3.8) is 0 Å². The van der Waals surface area contributed by atoms with Gasteiger partial charge in [-0.3, -0.25) is 5.84 Å². The monoisotopic (exact) mass is 288 g/mol. The zero-order valence-electron chi connectivity index (χ0n) is 11.7.